The molecule has 0 saturated heterocycles. The molecule has 4 rings (SSSR count). The summed E-state index contributed by atoms with van der Waals surface area (Å²) in [6, 6.07) is 38.6. The first kappa shape index (κ1) is 17.1. The van der Waals surface area contributed by atoms with Gasteiger partial charge in [-0.05, 0) is 46.4 Å². The van der Waals surface area contributed by atoms with E-state index in [1.54, 1.807) is 0 Å². The summed E-state index contributed by atoms with van der Waals surface area (Å²) in [4.78, 5) is 0. The van der Waals surface area contributed by atoms with Gasteiger partial charge in [-0.25, -0.2) is 0 Å². The summed E-state index contributed by atoms with van der Waals surface area (Å²) in [7, 11) is 0. The van der Waals surface area contributed by atoms with E-state index >= 15 is 0 Å². The smallest absolute Gasteiger partial charge is 0.0105 e. The van der Waals surface area contributed by atoms with Crippen LogP contribution in [0, 0.1) is 6.92 Å². The lowest BCUT2D eigenvalue weighted by Gasteiger charge is -2.11. The zero-order valence-corrected chi connectivity index (χ0v) is 15.5. The molecule has 0 unspecified atom stereocenters. The van der Waals surface area contributed by atoms with Crippen LogP contribution in [0.5, 0.6) is 0 Å². The highest BCUT2D eigenvalue weighted by atomic mass is 14.1. The van der Waals surface area contributed by atoms with Crippen molar-refractivity contribution in [2.75, 3.05) is 0 Å². The third kappa shape index (κ3) is 4.07. The Hall–Kier alpha value is -3.38. The lowest BCUT2D eigenvalue weighted by molar-refractivity contribution is 1.47. The maximum atomic E-state index is 2.26. The molecule has 0 amide bonds. The van der Waals surface area contributed by atoms with Gasteiger partial charge in [0.05, 0.1) is 0 Å². The quantitative estimate of drug-likeness (QED) is 0.341. The number of benzene rings is 4. The molecular formula is C27H22. The summed E-state index contributed by atoms with van der Waals surface area (Å²) in [6.45, 7) is 2.12. The Kier molecular flexibility index (Phi) is 4.98. The van der Waals surface area contributed by atoms with E-state index in [9.17, 15) is 0 Å². The van der Waals surface area contributed by atoms with Gasteiger partial charge >= 0.3 is 0 Å². The Balaban J connectivity index is 1.74. The Morgan fingerprint density at radius 1 is 0.519 bits per heavy atom. The normalized spacial score (nSPS) is 11.4. The fraction of sp³-hybridized carbons (Fsp3) is 0.0370. The predicted octanol–water partition coefficient (Wildman–Crippen LogP) is 7.25. The molecule has 0 radical (unpaired) electrons. The molecular weight excluding hydrogens is 324 g/mol. The van der Waals surface area contributed by atoms with E-state index in [0.29, 0.717) is 0 Å². The number of hydrogen-bond donors (Lipinski definition) is 0. The highest BCUT2D eigenvalue weighted by molar-refractivity contribution is 5.91. The van der Waals surface area contributed by atoms with Crippen molar-refractivity contribution in [2.45, 2.75) is 6.92 Å². The van der Waals surface area contributed by atoms with E-state index in [1.807, 2.05) is 0 Å². The van der Waals surface area contributed by atoms with Crippen molar-refractivity contribution in [3.63, 3.8) is 0 Å². The van der Waals surface area contributed by atoms with Gasteiger partial charge in [0.1, 0.15) is 0 Å². The Morgan fingerprint density at radius 3 is 1.59 bits per heavy atom. The van der Waals surface area contributed by atoms with Crippen molar-refractivity contribution in [3.05, 3.63) is 131 Å². The Bertz CT molecular complexity index is 1020. The van der Waals surface area contributed by atoms with Crippen molar-refractivity contribution in [1.29, 1.82) is 0 Å². The van der Waals surface area contributed by atoms with Crippen LogP contribution in [-0.2, 0) is 0 Å². The molecule has 0 fully saturated rings. The molecule has 4 aromatic rings. The van der Waals surface area contributed by atoms with E-state index in [2.05, 4.69) is 122 Å². The topological polar surface area (TPSA) is 0 Å². The van der Waals surface area contributed by atoms with E-state index in [1.165, 1.54) is 39.0 Å². The Labute approximate surface area is 161 Å². The minimum absolute atomic E-state index is 1.21. The fourth-order valence-electron chi connectivity index (χ4n) is 3.26. The zero-order chi connectivity index (χ0) is 18.5. The fourth-order valence-corrected chi connectivity index (χ4v) is 3.26. The molecule has 0 nitrogen and oxygen atoms in total. The first-order valence-corrected chi connectivity index (χ1v) is 9.29. The SMILES string of the molecule is Cc1ccc(-c2ccc(/C(=C/c3ccccc3)c3ccccc3)cc2)cc1. The van der Waals surface area contributed by atoms with Crippen LogP contribution in [0.4, 0.5) is 0 Å². The van der Waals surface area contributed by atoms with E-state index in [-0.39, 0.29) is 0 Å². The molecule has 0 aromatic heterocycles. The van der Waals surface area contributed by atoms with Gasteiger partial charge in [0, 0.05) is 0 Å². The van der Waals surface area contributed by atoms with Crippen LogP contribution < -0.4 is 0 Å². The van der Waals surface area contributed by atoms with Crippen molar-refractivity contribution in [1.82, 2.24) is 0 Å². The Morgan fingerprint density at radius 2 is 1.00 bits per heavy atom. The largest absolute Gasteiger partial charge is 0.0622 e. The lowest BCUT2D eigenvalue weighted by atomic mass is 9.94. The van der Waals surface area contributed by atoms with Crippen molar-refractivity contribution in [3.8, 4) is 11.1 Å². The van der Waals surface area contributed by atoms with Gasteiger partial charge in [0.25, 0.3) is 0 Å². The minimum atomic E-state index is 1.21. The molecule has 0 N–H and O–H groups in total. The van der Waals surface area contributed by atoms with Gasteiger partial charge in [-0.2, -0.15) is 0 Å². The van der Waals surface area contributed by atoms with Crippen LogP contribution in [-0.4, -0.2) is 0 Å². The first-order valence-electron chi connectivity index (χ1n) is 9.29. The third-order valence-corrected chi connectivity index (χ3v) is 4.78. The van der Waals surface area contributed by atoms with Gasteiger partial charge in [0.2, 0.25) is 0 Å². The highest BCUT2D eigenvalue weighted by Crippen LogP contribution is 2.28. The van der Waals surface area contributed by atoms with Gasteiger partial charge in [-0.15, -0.1) is 0 Å². The summed E-state index contributed by atoms with van der Waals surface area (Å²) in [5.74, 6) is 0. The molecule has 4 aromatic carbocycles. The van der Waals surface area contributed by atoms with Gasteiger partial charge < -0.3 is 0 Å². The zero-order valence-electron chi connectivity index (χ0n) is 15.5. The maximum absolute atomic E-state index is 2.26. The summed E-state index contributed by atoms with van der Waals surface area (Å²) >= 11 is 0. The number of rotatable bonds is 4. The van der Waals surface area contributed by atoms with Crippen molar-refractivity contribution < 1.29 is 0 Å². The molecule has 0 atom stereocenters. The molecule has 0 heteroatoms. The molecule has 0 spiro atoms. The molecule has 0 aliphatic heterocycles. The maximum Gasteiger partial charge on any atom is -0.0105 e. The van der Waals surface area contributed by atoms with Gasteiger partial charge in [0.15, 0.2) is 0 Å². The highest BCUT2D eigenvalue weighted by Gasteiger charge is 2.06. The van der Waals surface area contributed by atoms with Gasteiger partial charge in [-0.1, -0.05) is 115 Å². The minimum Gasteiger partial charge on any atom is -0.0622 e. The lowest BCUT2D eigenvalue weighted by Crippen LogP contribution is -1.89. The van der Waals surface area contributed by atoms with Crippen molar-refractivity contribution in [2.24, 2.45) is 0 Å². The second kappa shape index (κ2) is 7.88. The summed E-state index contributed by atoms with van der Waals surface area (Å²) in [6.07, 6.45) is 2.26. The molecule has 0 aliphatic rings. The summed E-state index contributed by atoms with van der Waals surface area (Å²) < 4.78 is 0. The average Bonchev–Trinajstić information content (AvgIpc) is 2.74. The van der Waals surface area contributed by atoms with E-state index < -0.39 is 0 Å². The van der Waals surface area contributed by atoms with Crippen molar-refractivity contribution >= 4 is 11.6 Å². The van der Waals surface area contributed by atoms with E-state index in [4.69, 9.17) is 0 Å². The second-order valence-electron chi connectivity index (χ2n) is 6.78. The van der Waals surface area contributed by atoms with Crippen LogP contribution in [0.25, 0.3) is 22.8 Å². The predicted molar refractivity (Wildman–Crippen MR) is 116 cm³/mol. The van der Waals surface area contributed by atoms with Crippen LogP contribution in [0.1, 0.15) is 22.3 Å². The molecule has 130 valence electrons. The third-order valence-electron chi connectivity index (χ3n) is 4.78. The van der Waals surface area contributed by atoms with Crippen LogP contribution >= 0.6 is 0 Å². The van der Waals surface area contributed by atoms with Crippen LogP contribution in [0.3, 0.4) is 0 Å². The number of aryl methyl sites for hydroxylation is 1. The average molecular weight is 346 g/mol. The molecule has 0 saturated carbocycles. The first-order chi connectivity index (χ1) is 13.3. The van der Waals surface area contributed by atoms with Crippen LogP contribution in [0.2, 0.25) is 0 Å². The molecule has 0 bridgehead atoms. The molecule has 0 heterocycles. The van der Waals surface area contributed by atoms with E-state index in [0.717, 1.165) is 0 Å². The molecule has 27 heavy (non-hydrogen) atoms. The monoisotopic (exact) mass is 346 g/mol. The van der Waals surface area contributed by atoms with Crippen LogP contribution in [0.15, 0.2) is 109 Å². The summed E-state index contributed by atoms with van der Waals surface area (Å²) in [5, 5.41) is 0. The number of hydrogen-bond acceptors (Lipinski definition) is 0. The molecule has 0 aliphatic carbocycles. The summed E-state index contributed by atoms with van der Waals surface area (Å²) in [5.41, 5.74) is 8.67. The standard InChI is InChI=1S/C27H22/c1-21-12-14-23(15-13-21)24-16-18-26(19-17-24)27(25-10-6-3-7-11-25)20-22-8-4-2-5-9-22/h2-20H,1H3/b27-20+. The van der Waals surface area contributed by atoms with Gasteiger partial charge in [-0.3, -0.25) is 0 Å². The second-order valence-corrected chi connectivity index (χ2v) is 6.78.